The smallest absolute Gasteiger partial charge is 0.228 e. The topological polar surface area (TPSA) is 88.1 Å². The molecule has 3 aromatic rings. The Labute approximate surface area is 160 Å². The molecule has 0 fully saturated rings. The largest absolute Gasteiger partial charge is 0.507 e. The molecule has 0 saturated heterocycles. The normalized spacial score (nSPS) is 10.6. The first kappa shape index (κ1) is 17.9. The molecule has 0 saturated carbocycles. The maximum atomic E-state index is 10.3. The lowest BCUT2D eigenvalue weighted by Gasteiger charge is -2.15. The highest BCUT2D eigenvalue weighted by atomic mass is 79.9. The van der Waals surface area contributed by atoms with Gasteiger partial charge >= 0.3 is 0 Å². The number of benzene rings is 2. The lowest BCUT2D eigenvalue weighted by atomic mass is 10.1. The van der Waals surface area contributed by atoms with Crippen LogP contribution in [-0.4, -0.2) is 14.8 Å². The number of anilines is 3. The summed E-state index contributed by atoms with van der Waals surface area (Å²) in [5.41, 5.74) is 4.19. The van der Waals surface area contributed by atoms with Crippen LogP contribution in [0.15, 0.2) is 53.6 Å². The predicted molar refractivity (Wildman–Crippen MR) is 110 cm³/mol. The molecule has 0 aliphatic heterocycles. The van der Waals surface area contributed by atoms with Crippen LogP contribution >= 0.6 is 15.9 Å². The van der Waals surface area contributed by atoms with E-state index in [0.29, 0.717) is 23.0 Å². The van der Waals surface area contributed by atoms with Gasteiger partial charge in [0.2, 0.25) is 5.95 Å². The van der Waals surface area contributed by atoms with Crippen LogP contribution in [0.2, 0.25) is 0 Å². The van der Waals surface area contributed by atoms with E-state index in [9.17, 15) is 5.11 Å². The van der Waals surface area contributed by atoms with Gasteiger partial charge in [-0.05, 0) is 49.4 Å². The standard InChI is InChI=1S/C19H20BrN5O/c1-4-22-19-24-17(14-10-13(20)8-9-15(14)26)18(25(19)21)23-16-11(2)6-5-7-12(16)3/h4-10,23,26H,1,21H2,2-3H3,(H,22,24). The molecule has 1 heterocycles. The molecule has 0 unspecified atom stereocenters. The third-order valence-corrected chi connectivity index (χ3v) is 4.57. The van der Waals surface area contributed by atoms with E-state index in [2.05, 4.69) is 38.1 Å². The highest BCUT2D eigenvalue weighted by Crippen LogP contribution is 2.38. The molecule has 0 spiro atoms. The van der Waals surface area contributed by atoms with Crippen molar-refractivity contribution in [2.45, 2.75) is 13.8 Å². The van der Waals surface area contributed by atoms with Crippen molar-refractivity contribution in [2.24, 2.45) is 0 Å². The van der Waals surface area contributed by atoms with Crippen molar-refractivity contribution in [2.75, 3.05) is 16.5 Å². The summed E-state index contributed by atoms with van der Waals surface area (Å²) in [5.74, 6) is 7.33. The van der Waals surface area contributed by atoms with E-state index in [1.165, 1.54) is 10.9 Å². The van der Waals surface area contributed by atoms with E-state index in [-0.39, 0.29) is 5.75 Å². The van der Waals surface area contributed by atoms with Gasteiger partial charge in [0.1, 0.15) is 11.4 Å². The lowest BCUT2D eigenvalue weighted by molar-refractivity contribution is 0.477. The second kappa shape index (κ2) is 7.13. The number of nitrogens with one attached hydrogen (secondary N) is 2. The molecule has 0 bridgehead atoms. The molecule has 3 rings (SSSR count). The molecule has 5 N–H and O–H groups in total. The average Bonchev–Trinajstić information content (AvgIpc) is 2.90. The van der Waals surface area contributed by atoms with Gasteiger partial charge in [-0.15, -0.1) is 0 Å². The Kier molecular flexibility index (Phi) is 4.90. The summed E-state index contributed by atoms with van der Waals surface area (Å²) in [7, 11) is 0. The van der Waals surface area contributed by atoms with E-state index in [1.807, 2.05) is 32.0 Å². The molecule has 6 nitrogen and oxygen atoms in total. The van der Waals surface area contributed by atoms with E-state index >= 15 is 0 Å². The number of aromatic hydroxyl groups is 1. The second-order valence-corrected chi connectivity index (χ2v) is 6.82. The van der Waals surface area contributed by atoms with E-state index in [0.717, 1.165) is 21.3 Å². The summed E-state index contributed by atoms with van der Waals surface area (Å²) in [6.07, 6.45) is 1.50. The summed E-state index contributed by atoms with van der Waals surface area (Å²) in [4.78, 5) is 4.54. The molecule has 7 heteroatoms. The average molecular weight is 414 g/mol. The third kappa shape index (κ3) is 3.25. The fraction of sp³-hybridized carbons (Fsp3) is 0.105. The first-order valence-corrected chi connectivity index (χ1v) is 8.79. The molecule has 1 aromatic heterocycles. The molecule has 0 atom stereocenters. The third-order valence-electron chi connectivity index (χ3n) is 4.08. The van der Waals surface area contributed by atoms with Crippen LogP contribution < -0.4 is 16.5 Å². The number of halogens is 1. The number of hydrogen-bond donors (Lipinski definition) is 4. The molecular formula is C19H20BrN5O. The number of phenols is 1. The van der Waals surface area contributed by atoms with Gasteiger partial charge in [0.05, 0.1) is 0 Å². The van der Waals surface area contributed by atoms with E-state index < -0.39 is 0 Å². The Morgan fingerprint density at radius 2 is 1.92 bits per heavy atom. The van der Waals surface area contributed by atoms with Gasteiger partial charge in [-0.3, -0.25) is 0 Å². The number of para-hydroxylation sites is 1. The van der Waals surface area contributed by atoms with Crippen LogP contribution in [0.5, 0.6) is 5.75 Å². The maximum Gasteiger partial charge on any atom is 0.228 e. The Balaban J connectivity index is 2.20. The second-order valence-electron chi connectivity index (χ2n) is 5.90. The van der Waals surface area contributed by atoms with Crippen molar-refractivity contribution in [1.82, 2.24) is 9.66 Å². The SMILES string of the molecule is C=CNc1nc(-c2cc(Br)ccc2O)c(Nc2c(C)cccc2C)n1N. The Morgan fingerprint density at radius 3 is 2.58 bits per heavy atom. The van der Waals surface area contributed by atoms with Crippen LogP contribution in [0.1, 0.15) is 11.1 Å². The van der Waals surface area contributed by atoms with E-state index in [4.69, 9.17) is 5.84 Å². The Hall–Kier alpha value is -2.93. The van der Waals surface area contributed by atoms with Crippen LogP contribution in [0.4, 0.5) is 17.5 Å². The highest BCUT2D eigenvalue weighted by Gasteiger charge is 2.20. The fourth-order valence-electron chi connectivity index (χ4n) is 2.76. The minimum absolute atomic E-state index is 0.112. The van der Waals surface area contributed by atoms with Crippen molar-refractivity contribution in [1.29, 1.82) is 0 Å². The summed E-state index contributed by atoms with van der Waals surface area (Å²) in [6.45, 7) is 7.69. The van der Waals surface area contributed by atoms with Crippen molar-refractivity contribution >= 4 is 33.4 Å². The summed E-state index contributed by atoms with van der Waals surface area (Å²) in [6, 6.07) is 11.2. The number of phenolic OH excluding ortho intramolecular Hbond substituents is 1. The number of imidazole rings is 1. The Morgan fingerprint density at radius 1 is 1.23 bits per heavy atom. The number of nitrogens with two attached hydrogens (primary N) is 1. The van der Waals surface area contributed by atoms with Crippen LogP contribution in [0.25, 0.3) is 11.3 Å². The Bertz CT molecular complexity index is 960. The molecule has 0 aliphatic carbocycles. The van der Waals surface area contributed by atoms with Crippen molar-refractivity contribution in [3.05, 3.63) is 64.8 Å². The number of nitrogens with zero attached hydrogens (tertiary/aromatic N) is 2. The zero-order chi connectivity index (χ0) is 18.8. The number of hydrogen-bond acceptors (Lipinski definition) is 5. The molecule has 0 aliphatic rings. The monoisotopic (exact) mass is 413 g/mol. The molecule has 134 valence electrons. The van der Waals surface area contributed by atoms with Gasteiger partial charge in [0.15, 0.2) is 5.82 Å². The minimum atomic E-state index is 0.112. The summed E-state index contributed by atoms with van der Waals surface area (Å²) >= 11 is 3.44. The van der Waals surface area contributed by atoms with Gasteiger partial charge in [0.25, 0.3) is 0 Å². The molecule has 2 aromatic carbocycles. The number of rotatable bonds is 5. The molecule has 0 radical (unpaired) electrons. The van der Waals surface area contributed by atoms with Crippen molar-refractivity contribution in [3.8, 4) is 17.0 Å². The predicted octanol–water partition coefficient (Wildman–Crippen LogP) is 4.65. The highest BCUT2D eigenvalue weighted by molar-refractivity contribution is 9.10. The summed E-state index contributed by atoms with van der Waals surface area (Å²) < 4.78 is 2.23. The van der Waals surface area contributed by atoms with Crippen molar-refractivity contribution < 1.29 is 5.11 Å². The molecular weight excluding hydrogens is 394 g/mol. The lowest BCUT2D eigenvalue weighted by Crippen LogP contribution is -2.15. The molecule has 26 heavy (non-hydrogen) atoms. The zero-order valence-electron chi connectivity index (χ0n) is 14.5. The maximum absolute atomic E-state index is 10.3. The van der Waals surface area contributed by atoms with E-state index in [1.54, 1.807) is 18.2 Å². The van der Waals surface area contributed by atoms with Gasteiger partial charge in [-0.1, -0.05) is 40.7 Å². The fourth-order valence-corrected chi connectivity index (χ4v) is 3.12. The summed E-state index contributed by atoms with van der Waals surface area (Å²) in [5, 5.41) is 16.6. The quantitative estimate of drug-likeness (QED) is 0.457. The minimum Gasteiger partial charge on any atom is -0.507 e. The van der Waals surface area contributed by atoms with Crippen LogP contribution in [-0.2, 0) is 0 Å². The zero-order valence-corrected chi connectivity index (χ0v) is 16.1. The van der Waals surface area contributed by atoms with Gasteiger partial charge < -0.3 is 21.6 Å². The van der Waals surface area contributed by atoms with Gasteiger partial charge in [-0.25, -0.2) is 9.66 Å². The first-order chi connectivity index (χ1) is 12.4. The number of aryl methyl sites for hydroxylation is 2. The molecule has 0 amide bonds. The van der Waals surface area contributed by atoms with Crippen LogP contribution in [0, 0.1) is 13.8 Å². The van der Waals surface area contributed by atoms with Crippen molar-refractivity contribution in [3.63, 3.8) is 0 Å². The first-order valence-electron chi connectivity index (χ1n) is 7.99. The van der Waals surface area contributed by atoms with Crippen LogP contribution in [0.3, 0.4) is 0 Å². The van der Waals surface area contributed by atoms with Gasteiger partial charge in [0, 0.05) is 15.7 Å². The number of aromatic nitrogens is 2. The number of nitrogen functional groups attached to an aromatic ring is 1. The van der Waals surface area contributed by atoms with Gasteiger partial charge in [-0.2, -0.15) is 0 Å².